The van der Waals surface area contributed by atoms with Crippen molar-refractivity contribution in [2.75, 3.05) is 23.3 Å². The van der Waals surface area contributed by atoms with Gasteiger partial charge in [0.1, 0.15) is 0 Å². The van der Waals surface area contributed by atoms with Gasteiger partial charge in [-0.25, -0.2) is 4.79 Å². The van der Waals surface area contributed by atoms with Crippen molar-refractivity contribution in [2.45, 2.75) is 26.8 Å². The summed E-state index contributed by atoms with van der Waals surface area (Å²) in [6, 6.07) is 23.0. The minimum Gasteiger partial charge on any atom is -0.320 e. The summed E-state index contributed by atoms with van der Waals surface area (Å²) < 4.78 is 0. The first-order valence-corrected chi connectivity index (χ1v) is 10.6. The van der Waals surface area contributed by atoms with Gasteiger partial charge < -0.3 is 10.2 Å². The SMILES string of the molecule is Cc1ccc(N2CCCN(Cc3ccccc3C)C2=O)c(NC(=O)c2ccccc2)c1. The number of nitrogens with one attached hydrogen (secondary N) is 1. The zero-order chi connectivity index (χ0) is 21.8. The molecule has 5 nitrogen and oxygen atoms in total. The first-order valence-electron chi connectivity index (χ1n) is 10.6. The number of carbonyl (C=O) groups excluding carboxylic acids is 2. The van der Waals surface area contributed by atoms with Crippen molar-refractivity contribution in [3.8, 4) is 0 Å². The quantitative estimate of drug-likeness (QED) is 0.610. The molecule has 0 aromatic heterocycles. The molecular formula is C26H27N3O2. The lowest BCUT2D eigenvalue weighted by molar-refractivity contribution is 0.102. The average molecular weight is 414 g/mol. The summed E-state index contributed by atoms with van der Waals surface area (Å²) in [6.07, 6.45) is 0.873. The van der Waals surface area contributed by atoms with Gasteiger partial charge in [0.2, 0.25) is 0 Å². The molecule has 158 valence electrons. The fraction of sp³-hybridized carbons (Fsp3) is 0.231. The third kappa shape index (κ3) is 4.61. The zero-order valence-electron chi connectivity index (χ0n) is 18.0. The van der Waals surface area contributed by atoms with E-state index in [1.54, 1.807) is 17.0 Å². The third-order valence-corrected chi connectivity index (χ3v) is 5.66. The normalized spacial score (nSPS) is 13.9. The van der Waals surface area contributed by atoms with Gasteiger partial charge in [-0.3, -0.25) is 9.69 Å². The second-order valence-electron chi connectivity index (χ2n) is 7.98. The second kappa shape index (κ2) is 9.04. The zero-order valence-corrected chi connectivity index (χ0v) is 18.0. The maximum atomic E-state index is 13.4. The van der Waals surface area contributed by atoms with Crippen molar-refractivity contribution < 1.29 is 9.59 Å². The molecule has 1 aliphatic heterocycles. The minimum absolute atomic E-state index is 0.0337. The molecule has 3 aromatic rings. The summed E-state index contributed by atoms with van der Waals surface area (Å²) in [4.78, 5) is 29.8. The van der Waals surface area contributed by atoms with Gasteiger partial charge in [0.05, 0.1) is 11.4 Å². The first kappa shape index (κ1) is 20.7. The number of hydrogen-bond acceptors (Lipinski definition) is 2. The molecule has 0 radical (unpaired) electrons. The van der Waals surface area contributed by atoms with Crippen LogP contribution in [0.25, 0.3) is 0 Å². The summed E-state index contributed by atoms with van der Waals surface area (Å²) in [7, 11) is 0. The molecule has 0 spiro atoms. The van der Waals surface area contributed by atoms with E-state index in [4.69, 9.17) is 0 Å². The Morgan fingerprint density at radius 3 is 2.45 bits per heavy atom. The Bertz CT molecular complexity index is 1090. The maximum absolute atomic E-state index is 13.4. The van der Waals surface area contributed by atoms with Crippen LogP contribution in [0.5, 0.6) is 0 Å². The topological polar surface area (TPSA) is 52.6 Å². The third-order valence-electron chi connectivity index (χ3n) is 5.66. The molecule has 0 saturated carbocycles. The van der Waals surface area contributed by atoms with Crippen LogP contribution < -0.4 is 10.2 Å². The van der Waals surface area contributed by atoms with Crippen molar-refractivity contribution in [1.82, 2.24) is 4.90 Å². The number of aryl methyl sites for hydroxylation is 2. The van der Waals surface area contributed by atoms with Crippen molar-refractivity contribution in [1.29, 1.82) is 0 Å². The van der Waals surface area contributed by atoms with Crippen molar-refractivity contribution in [3.05, 3.63) is 95.1 Å². The minimum atomic E-state index is -0.186. The van der Waals surface area contributed by atoms with Crippen LogP contribution in [0.15, 0.2) is 72.8 Å². The molecule has 1 N–H and O–H groups in total. The summed E-state index contributed by atoms with van der Waals surface area (Å²) >= 11 is 0. The number of benzene rings is 3. The predicted octanol–water partition coefficient (Wildman–Crippen LogP) is 5.39. The second-order valence-corrected chi connectivity index (χ2v) is 7.98. The van der Waals surface area contributed by atoms with E-state index in [9.17, 15) is 9.59 Å². The van der Waals surface area contributed by atoms with Crippen molar-refractivity contribution >= 4 is 23.3 Å². The number of rotatable bonds is 5. The number of anilines is 2. The molecule has 5 heteroatoms. The molecule has 3 amide bonds. The summed E-state index contributed by atoms with van der Waals surface area (Å²) in [5, 5.41) is 3.01. The lowest BCUT2D eigenvalue weighted by atomic mass is 10.1. The highest BCUT2D eigenvalue weighted by Crippen LogP contribution is 2.31. The van der Waals surface area contributed by atoms with Gasteiger partial charge in [-0.05, 0) is 61.2 Å². The summed E-state index contributed by atoms with van der Waals surface area (Å²) in [5.74, 6) is -0.186. The fourth-order valence-electron chi connectivity index (χ4n) is 3.91. The van der Waals surface area contributed by atoms with E-state index in [1.807, 2.05) is 60.4 Å². The van der Waals surface area contributed by atoms with Crippen LogP contribution in [-0.4, -0.2) is 29.9 Å². The molecule has 4 rings (SSSR count). The van der Waals surface area contributed by atoms with Gasteiger partial charge in [-0.1, -0.05) is 48.5 Å². The number of urea groups is 1. The number of carbonyl (C=O) groups is 2. The Morgan fingerprint density at radius 1 is 0.935 bits per heavy atom. The Morgan fingerprint density at radius 2 is 1.68 bits per heavy atom. The Hall–Kier alpha value is -3.60. The van der Waals surface area contributed by atoms with E-state index in [2.05, 4.69) is 24.4 Å². The van der Waals surface area contributed by atoms with Crippen LogP contribution in [0, 0.1) is 13.8 Å². The standard InChI is InChI=1S/C26H27N3O2/c1-19-13-14-24(23(17-19)27-25(30)21-10-4-3-5-11-21)29-16-8-15-28(26(29)31)18-22-12-7-6-9-20(22)2/h3-7,9-14,17H,8,15-16,18H2,1-2H3,(H,27,30). The van der Waals surface area contributed by atoms with Crippen LogP contribution in [0.1, 0.15) is 33.5 Å². The van der Waals surface area contributed by atoms with Gasteiger partial charge in [0.25, 0.3) is 5.91 Å². The van der Waals surface area contributed by atoms with Gasteiger partial charge in [-0.2, -0.15) is 0 Å². The molecule has 3 aromatic carbocycles. The molecule has 0 atom stereocenters. The molecule has 1 heterocycles. The van der Waals surface area contributed by atoms with Crippen LogP contribution in [0.3, 0.4) is 0 Å². The van der Waals surface area contributed by atoms with E-state index in [0.29, 0.717) is 24.3 Å². The maximum Gasteiger partial charge on any atom is 0.324 e. The van der Waals surface area contributed by atoms with Gasteiger partial charge in [-0.15, -0.1) is 0 Å². The Balaban J connectivity index is 1.59. The van der Waals surface area contributed by atoms with Gasteiger partial charge in [0, 0.05) is 25.2 Å². The lowest BCUT2D eigenvalue weighted by Crippen LogP contribution is -2.49. The van der Waals surface area contributed by atoms with Crippen LogP contribution in [-0.2, 0) is 6.54 Å². The van der Waals surface area contributed by atoms with E-state index in [0.717, 1.165) is 29.8 Å². The van der Waals surface area contributed by atoms with Crippen molar-refractivity contribution in [2.24, 2.45) is 0 Å². The molecule has 1 fully saturated rings. The fourth-order valence-corrected chi connectivity index (χ4v) is 3.91. The summed E-state index contributed by atoms with van der Waals surface area (Å²) in [6.45, 7) is 5.98. The van der Waals surface area contributed by atoms with Crippen molar-refractivity contribution in [3.63, 3.8) is 0 Å². The lowest BCUT2D eigenvalue weighted by Gasteiger charge is -2.36. The van der Waals surface area contributed by atoms with E-state index in [-0.39, 0.29) is 11.9 Å². The molecule has 0 unspecified atom stereocenters. The van der Waals surface area contributed by atoms with Gasteiger partial charge >= 0.3 is 6.03 Å². The van der Waals surface area contributed by atoms with Crippen LogP contribution in [0.4, 0.5) is 16.2 Å². The summed E-state index contributed by atoms with van der Waals surface area (Å²) in [5.41, 5.74) is 5.32. The first-order chi connectivity index (χ1) is 15.0. The molecule has 0 aliphatic carbocycles. The Labute approximate surface area is 183 Å². The highest BCUT2D eigenvalue weighted by molar-refractivity contribution is 6.07. The smallest absolute Gasteiger partial charge is 0.320 e. The number of hydrogen-bond donors (Lipinski definition) is 1. The van der Waals surface area contributed by atoms with E-state index in [1.165, 1.54) is 5.56 Å². The van der Waals surface area contributed by atoms with Gasteiger partial charge in [0.15, 0.2) is 0 Å². The monoisotopic (exact) mass is 413 g/mol. The molecule has 1 aliphatic rings. The molecule has 31 heavy (non-hydrogen) atoms. The number of amides is 3. The largest absolute Gasteiger partial charge is 0.324 e. The number of nitrogens with zero attached hydrogens (tertiary/aromatic N) is 2. The highest BCUT2D eigenvalue weighted by atomic mass is 16.2. The highest BCUT2D eigenvalue weighted by Gasteiger charge is 2.29. The molecular weight excluding hydrogens is 386 g/mol. The average Bonchev–Trinajstić information content (AvgIpc) is 2.78. The predicted molar refractivity (Wildman–Crippen MR) is 125 cm³/mol. The van der Waals surface area contributed by atoms with E-state index < -0.39 is 0 Å². The van der Waals surface area contributed by atoms with E-state index >= 15 is 0 Å². The Kier molecular flexibility index (Phi) is 6.03. The van der Waals surface area contributed by atoms with Crippen LogP contribution >= 0.6 is 0 Å². The molecule has 0 bridgehead atoms. The van der Waals surface area contributed by atoms with Crippen LogP contribution in [0.2, 0.25) is 0 Å². The molecule has 1 saturated heterocycles.